The topological polar surface area (TPSA) is 24.5 Å². The number of halogens is 5. The summed E-state index contributed by atoms with van der Waals surface area (Å²) in [6, 6.07) is 14.4. The molecule has 0 radical (unpaired) electrons. The lowest BCUT2D eigenvalue weighted by atomic mass is 9.93. The number of piperazine rings is 1. The third-order valence-electron chi connectivity index (χ3n) is 4.43. The van der Waals surface area contributed by atoms with Gasteiger partial charge in [0.25, 0.3) is 0 Å². The third-order valence-corrected chi connectivity index (χ3v) is 4.43. The Labute approximate surface area is 169 Å². The molecule has 2 aromatic rings. The standard InChI is InChI=1S/C19H21F3N2O.2ClH/c1-14-4-2-3-5-17(14)18(24-12-10-23-11-13-24)15-6-8-16(9-7-15)25-19(20,21)22;;/h2-9,18,23H,10-13H2,1H3;2*1H/t18-;;/m0../s1. The minimum absolute atomic E-state index is 0. The maximum absolute atomic E-state index is 12.4. The smallest absolute Gasteiger partial charge is 0.406 e. The molecule has 27 heavy (non-hydrogen) atoms. The molecule has 1 fully saturated rings. The van der Waals surface area contributed by atoms with E-state index in [1.807, 2.05) is 12.1 Å². The average Bonchev–Trinajstić information content (AvgIpc) is 2.58. The Hall–Kier alpha value is -1.47. The predicted molar refractivity (Wildman–Crippen MR) is 105 cm³/mol. The molecule has 1 saturated heterocycles. The highest BCUT2D eigenvalue weighted by Crippen LogP contribution is 2.32. The van der Waals surface area contributed by atoms with Gasteiger partial charge in [0.2, 0.25) is 0 Å². The number of benzene rings is 2. The van der Waals surface area contributed by atoms with Gasteiger partial charge in [-0.05, 0) is 35.7 Å². The number of nitrogens with zero attached hydrogens (tertiary/aromatic N) is 1. The molecule has 3 nitrogen and oxygen atoms in total. The Morgan fingerprint density at radius 3 is 2.11 bits per heavy atom. The lowest BCUT2D eigenvalue weighted by Crippen LogP contribution is -2.45. The molecule has 3 rings (SSSR count). The van der Waals surface area contributed by atoms with Gasteiger partial charge in [0, 0.05) is 26.2 Å². The maximum atomic E-state index is 12.4. The minimum Gasteiger partial charge on any atom is -0.406 e. The van der Waals surface area contributed by atoms with E-state index in [0.717, 1.165) is 31.7 Å². The molecule has 0 aliphatic carbocycles. The zero-order chi connectivity index (χ0) is 17.9. The fourth-order valence-electron chi connectivity index (χ4n) is 3.27. The van der Waals surface area contributed by atoms with Crippen molar-refractivity contribution in [2.45, 2.75) is 19.3 Å². The van der Waals surface area contributed by atoms with Crippen LogP contribution in [-0.2, 0) is 0 Å². The van der Waals surface area contributed by atoms with E-state index in [0.29, 0.717) is 0 Å². The van der Waals surface area contributed by atoms with E-state index in [-0.39, 0.29) is 36.6 Å². The van der Waals surface area contributed by atoms with Gasteiger partial charge in [-0.1, -0.05) is 36.4 Å². The Morgan fingerprint density at radius 2 is 1.56 bits per heavy atom. The van der Waals surface area contributed by atoms with Crippen LogP contribution in [0.1, 0.15) is 22.7 Å². The molecular weight excluding hydrogens is 400 g/mol. The van der Waals surface area contributed by atoms with Crippen LogP contribution in [0.2, 0.25) is 0 Å². The van der Waals surface area contributed by atoms with Crippen molar-refractivity contribution in [2.24, 2.45) is 0 Å². The quantitative estimate of drug-likeness (QED) is 0.770. The molecule has 150 valence electrons. The van der Waals surface area contributed by atoms with E-state index >= 15 is 0 Å². The third kappa shape index (κ3) is 6.28. The van der Waals surface area contributed by atoms with Gasteiger partial charge in [-0.15, -0.1) is 38.0 Å². The summed E-state index contributed by atoms with van der Waals surface area (Å²) in [6.45, 7) is 5.64. The Bertz CT molecular complexity index is 705. The van der Waals surface area contributed by atoms with Crippen molar-refractivity contribution in [3.8, 4) is 5.75 Å². The number of hydrogen-bond acceptors (Lipinski definition) is 3. The fraction of sp³-hybridized carbons (Fsp3) is 0.368. The SMILES string of the molecule is Cc1ccccc1[C@H](c1ccc(OC(F)(F)F)cc1)N1CCNCC1.Cl.Cl. The fourth-order valence-corrected chi connectivity index (χ4v) is 3.27. The van der Waals surface area contributed by atoms with Crippen LogP contribution in [0.3, 0.4) is 0 Å². The normalized spacial score (nSPS) is 16.0. The van der Waals surface area contributed by atoms with Gasteiger partial charge in [0.15, 0.2) is 0 Å². The first-order valence-corrected chi connectivity index (χ1v) is 8.30. The van der Waals surface area contributed by atoms with Gasteiger partial charge in [-0.3, -0.25) is 4.90 Å². The molecule has 8 heteroatoms. The first kappa shape index (κ1) is 23.6. The zero-order valence-electron chi connectivity index (χ0n) is 14.8. The summed E-state index contributed by atoms with van der Waals surface area (Å²) in [6.07, 6.45) is -4.67. The number of aryl methyl sites for hydroxylation is 1. The Kier molecular flexibility index (Phi) is 8.88. The lowest BCUT2D eigenvalue weighted by Gasteiger charge is -2.36. The van der Waals surface area contributed by atoms with E-state index in [1.54, 1.807) is 12.1 Å². The number of nitrogens with one attached hydrogen (secondary N) is 1. The molecule has 0 unspecified atom stereocenters. The molecule has 0 amide bonds. The van der Waals surface area contributed by atoms with Crippen LogP contribution in [0.5, 0.6) is 5.75 Å². The largest absolute Gasteiger partial charge is 0.573 e. The van der Waals surface area contributed by atoms with Crippen molar-refractivity contribution in [3.05, 3.63) is 65.2 Å². The molecule has 1 N–H and O–H groups in total. The van der Waals surface area contributed by atoms with Crippen LogP contribution in [0.4, 0.5) is 13.2 Å². The van der Waals surface area contributed by atoms with Gasteiger partial charge in [0.1, 0.15) is 5.75 Å². The van der Waals surface area contributed by atoms with Gasteiger partial charge < -0.3 is 10.1 Å². The first-order valence-electron chi connectivity index (χ1n) is 8.30. The van der Waals surface area contributed by atoms with E-state index in [4.69, 9.17) is 0 Å². The molecule has 2 aromatic carbocycles. The summed E-state index contributed by atoms with van der Waals surface area (Å²) in [5.41, 5.74) is 3.31. The first-order chi connectivity index (χ1) is 11.9. The predicted octanol–water partition coefficient (Wildman–Crippen LogP) is 4.73. The van der Waals surface area contributed by atoms with Crippen molar-refractivity contribution in [2.75, 3.05) is 26.2 Å². The molecule has 1 aliphatic rings. The molecule has 0 aromatic heterocycles. The average molecular weight is 423 g/mol. The maximum Gasteiger partial charge on any atom is 0.573 e. The summed E-state index contributed by atoms with van der Waals surface area (Å²) in [7, 11) is 0. The molecule has 0 spiro atoms. The monoisotopic (exact) mass is 422 g/mol. The Morgan fingerprint density at radius 1 is 0.963 bits per heavy atom. The van der Waals surface area contributed by atoms with Crippen molar-refractivity contribution in [1.29, 1.82) is 0 Å². The summed E-state index contributed by atoms with van der Waals surface area (Å²) in [4.78, 5) is 2.36. The van der Waals surface area contributed by atoms with Crippen molar-refractivity contribution in [3.63, 3.8) is 0 Å². The summed E-state index contributed by atoms with van der Waals surface area (Å²) in [5, 5.41) is 3.34. The highest BCUT2D eigenvalue weighted by atomic mass is 35.5. The highest BCUT2D eigenvalue weighted by Gasteiger charge is 2.31. The van der Waals surface area contributed by atoms with Crippen molar-refractivity contribution >= 4 is 24.8 Å². The molecule has 1 aliphatic heterocycles. The minimum atomic E-state index is -4.67. The molecule has 1 heterocycles. The summed E-state index contributed by atoms with van der Waals surface area (Å²) in [5.74, 6) is -0.194. The number of alkyl halides is 3. The van der Waals surface area contributed by atoms with Crippen molar-refractivity contribution in [1.82, 2.24) is 10.2 Å². The van der Waals surface area contributed by atoms with Gasteiger partial charge in [-0.2, -0.15) is 0 Å². The number of hydrogen-bond donors (Lipinski definition) is 1. The zero-order valence-corrected chi connectivity index (χ0v) is 16.5. The molecule has 1 atom stereocenters. The van der Waals surface area contributed by atoms with Crippen LogP contribution in [0, 0.1) is 6.92 Å². The van der Waals surface area contributed by atoms with Crippen LogP contribution in [0.15, 0.2) is 48.5 Å². The van der Waals surface area contributed by atoms with Gasteiger partial charge in [-0.25, -0.2) is 0 Å². The Balaban J connectivity index is 0.00000182. The lowest BCUT2D eigenvalue weighted by molar-refractivity contribution is -0.274. The van der Waals surface area contributed by atoms with Gasteiger partial charge in [0.05, 0.1) is 6.04 Å². The van der Waals surface area contributed by atoms with Crippen LogP contribution >= 0.6 is 24.8 Å². The van der Waals surface area contributed by atoms with Crippen LogP contribution < -0.4 is 10.1 Å². The molecular formula is C19H23Cl2F3N2O. The second kappa shape index (κ2) is 10.2. The van der Waals surface area contributed by atoms with E-state index in [1.165, 1.54) is 23.3 Å². The van der Waals surface area contributed by atoms with E-state index in [2.05, 4.69) is 34.0 Å². The van der Waals surface area contributed by atoms with E-state index < -0.39 is 6.36 Å². The number of rotatable bonds is 4. The highest BCUT2D eigenvalue weighted by molar-refractivity contribution is 5.85. The molecule has 0 saturated carbocycles. The van der Waals surface area contributed by atoms with Crippen LogP contribution in [0.25, 0.3) is 0 Å². The van der Waals surface area contributed by atoms with E-state index in [9.17, 15) is 13.2 Å². The summed E-state index contributed by atoms with van der Waals surface area (Å²) < 4.78 is 41.1. The summed E-state index contributed by atoms with van der Waals surface area (Å²) >= 11 is 0. The molecule has 0 bridgehead atoms. The van der Waals surface area contributed by atoms with Gasteiger partial charge >= 0.3 is 6.36 Å². The van der Waals surface area contributed by atoms with Crippen molar-refractivity contribution < 1.29 is 17.9 Å². The number of ether oxygens (including phenoxy) is 1. The van der Waals surface area contributed by atoms with Crippen LogP contribution in [-0.4, -0.2) is 37.4 Å². The second-order valence-corrected chi connectivity index (χ2v) is 6.16. The second-order valence-electron chi connectivity index (χ2n) is 6.16.